The van der Waals surface area contributed by atoms with Crippen LogP contribution in [0.25, 0.3) is 0 Å². The number of nitrogens with zero attached hydrogens (tertiary/aromatic N) is 1. The van der Waals surface area contributed by atoms with E-state index >= 15 is 0 Å². The Morgan fingerprint density at radius 1 is 1.50 bits per heavy atom. The van der Waals surface area contributed by atoms with Crippen molar-refractivity contribution in [3.8, 4) is 0 Å². The SMILES string of the molecule is O=C(NCC(=O)N1CCCC(CCO)C1)c1ccco1. The topological polar surface area (TPSA) is 82.8 Å². The molecule has 0 saturated carbocycles. The average Bonchev–Trinajstić information content (AvgIpc) is 2.99. The molecule has 1 atom stereocenters. The lowest BCUT2D eigenvalue weighted by Crippen LogP contribution is -2.45. The highest BCUT2D eigenvalue weighted by Crippen LogP contribution is 2.19. The van der Waals surface area contributed by atoms with Gasteiger partial charge in [0.1, 0.15) is 0 Å². The highest BCUT2D eigenvalue weighted by Gasteiger charge is 2.23. The summed E-state index contributed by atoms with van der Waals surface area (Å²) in [7, 11) is 0. The summed E-state index contributed by atoms with van der Waals surface area (Å²) in [5, 5.41) is 11.5. The van der Waals surface area contributed by atoms with E-state index < -0.39 is 0 Å². The molecule has 1 aliphatic heterocycles. The van der Waals surface area contributed by atoms with Crippen LogP contribution in [-0.4, -0.2) is 48.1 Å². The second-order valence-electron chi connectivity index (χ2n) is 5.02. The van der Waals surface area contributed by atoms with Crippen LogP contribution in [0, 0.1) is 5.92 Å². The molecule has 1 fully saturated rings. The molecule has 0 bridgehead atoms. The molecule has 20 heavy (non-hydrogen) atoms. The van der Waals surface area contributed by atoms with Crippen LogP contribution in [0.4, 0.5) is 0 Å². The van der Waals surface area contributed by atoms with Crippen molar-refractivity contribution < 1.29 is 19.1 Å². The number of amides is 2. The van der Waals surface area contributed by atoms with Crippen molar-refractivity contribution in [3.63, 3.8) is 0 Å². The van der Waals surface area contributed by atoms with Gasteiger partial charge in [-0.25, -0.2) is 0 Å². The Labute approximate surface area is 117 Å². The molecule has 6 heteroatoms. The molecule has 1 aromatic heterocycles. The number of carbonyl (C=O) groups is 2. The molecule has 1 unspecified atom stereocenters. The van der Waals surface area contributed by atoms with Crippen LogP contribution in [0.1, 0.15) is 29.8 Å². The number of nitrogens with one attached hydrogen (secondary N) is 1. The van der Waals surface area contributed by atoms with Gasteiger partial charge < -0.3 is 19.7 Å². The van der Waals surface area contributed by atoms with Crippen molar-refractivity contribution in [1.29, 1.82) is 0 Å². The molecule has 0 radical (unpaired) electrons. The highest BCUT2D eigenvalue weighted by molar-refractivity contribution is 5.94. The molecule has 2 amide bonds. The van der Waals surface area contributed by atoms with E-state index in [0.717, 1.165) is 25.8 Å². The maximum atomic E-state index is 12.0. The second-order valence-corrected chi connectivity index (χ2v) is 5.02. The molecule has 2 heterocycles. The first-order valence-corrected chi connectivity index (χ1v) is 6.91. The first-order valence-electron chi connectivity index (χ1n) is 6.91. The monoisotopic (exact) mass is 280 g/mol. The Balaban J connectivity index is 1.78. The predicted molar refractivity (Wildman–Crippen MR) is 72.0 cm³/mol. The van der Waals surface area contributed by atoms with Gasteiger partial charge in [-0.3, -0.25) is 9.59 Å². The average molecular weight is 280 g/mol. The number of aliphatic hydroxyl groups is 1. The zero-order chi connectivity index (χ0) is 14.4. The Morgan fingerprint density at radius 2 is 2.35 bits per heavy atom. The number of hydrogen-bond acceptors (Lipinski definition) is 4. The van der Waals surface area contributed by atoms with Crippen LogP contribution in [0.2, 0.25) is 0 Å². The second kappa shape index (κ2) is 7.09. The summed E-state index contributed by atoms with van der Waals surface area (Å²) in [6, 6.07) is 3.18. The van der Waals surface area contributed by atoms with Crippen LogP contribution < -0.4 is 5.32 Å². The standard InChI is InChI=1S/C14H20N2O4/c17-7-5-11-3-1-6-16(10-11)13(18)9-15-14(19)12-4-2-8-20-12/h2,4,8,11,17H,1,3,5-7,9-10H2,(H,15,19). The lowest BCUT2D eigenvalue weighted by Gasteiger charge is -2.32. The van der Waals surface area contributed by atoms with Gasteiger partial charge in [-0.05, 0) is 37.3 Å². The van der Waals surface area contributed by atoms with Gasteiger partial charge in [-0.15, -0.1) is 0 Å². The fraction of sp³-hybridized carbons (Fsp3) is 0.571. The molecule has 2 rings (SSSR count). The van der Waals surface area contributed by atoms with Crippen LogP contribution in [0.3, 0.4) is 0 Å². The van der Waals surface area contributed by atoms with Crippen LogP contribution in [0.15, 0.2) is 22.8 Å². The molecule has 1 aliphatic rings. The maximum Gasteiger partial charge on any atom is 0.287 e. The third kappa shape index (κ3) is 3.84. The predicted octanol–water partition coefficient (Wildman–Crippen LogP) is 0.630. The number of hydrogen-bond donors (Lipinski definition) is 2. The number of rotatable bonds is 5. The van der Waals surface area contributed by atoms with Crippen molar-refractivity contribution in [2.45, 2.75) is 19.3 Å². The number of piperidine rings is 1. The number of carbonyl (C=O) groups excluding carboxylic acids is 2. The molecule has 6 nitrogen and oxygen atoms in total. The van der Waals surface area contributed by atoms with Gasteiger partial charge in [0.05, 0.1) is 12.8 Å². The lowest BCUT2D eigenvalue weighted by atomic mass is 9.95. The van der Waals surface area contributed by atoms with Crippen LogP contribution in [-0.2, 0) is 4.79 Å². The van der Waals surface area contributed by atoms with E-state index in [9.17, 15) is 9.59 Å². The summed E-state index contributed by atoms with van der Waals surface area (Å²) in [4.78, 5) is 25.4. The van der Waals surface area contributed by atoms with Gasteiger partial charge in [-0.2, -0.15) is 0 Å². The van der Waals surface area contributed by atoms with E-state index in [2.05, 4.69) is 5.32 Å². The van der Waals surface area contributed by atoms with E-state index in [1.165, 1.54) is 6.26 Å². The van der Waals surface area contributed by atoms with E-state index in [-0.39, 0.29) is 30.7 Å². The summed E-state index contributed by atoms with van der Waals surface area (Å²) in [6.07, 6.45) is 4.13. The minimum atomic E-state index is -0.382. The lowest BCUT2D eigenvalue weighted by molar-refractivity contribution is -0.132. The van der Waals surface area contributed by atoms with Crippen molar-refractivity contribution >= 4 is 11.8 Å². The number of likely N-dealkylation sites (tertiary alicyclic amines) is 1. The van der Waals surface area contributed by atoms with Gasteiger partial charge in [-0.1, -0.05) is 0 Å². The molecule has 1 saturated heterocycles. The zero-order valence-electron chi connectivity index (χ0n) is 11.4. The molecule has 0 spiro atoms. The Morgan fingerprint density at radius 3 is 3.05 bits per heavy atom. The normalized spacial score (nSPS) is 18.9. The van der Waals surface area contributed by atoms with E-state index in [1.807, 2.05) is 0 Å². The maximum absolute atomic E-state index is 12.0. The third-order valence-electron chi connectivity index (χ3n) is 3.55. The van der Waals surface area contributed by atoms with Gasteiger partial charge in [0, 0.05) is 19.7 Å². The minimum Gasteiger partial charge on any atom is -0.459 e. The summed E-state index contributed by atoms with van der Waals surface area (Å²) in [5.41, 5.74) is 0. The zero-order valence-corrected chi connectivity index (χ0v) is 11.4. The van der Waals surface area contributed by atoms with E-state index in [4.69, 9.17) is 9.52 Å². The van der Waals surface area contributed by atoms with E-state index in [0.29, 0.717) is 12.5 Å². The van der Waals surface area contributed by atoms with Crippen molar-refractivity contribution in [3.05, 3.63) is 24.2 Å². The smallest absolute Gasteiger partial charge is 0.287 e. The summed E-state index contributed by atoms with van der Waals surface area (Å²) in [6.45, 7) is 1.51. The molecule has 2 N–H and O–H groups in total. The fourth-order valence-corrected chi connectivity index (χ4v) is 2.47. The molecule has 110 valence electrons. The molecule has 0 aliphatic carbocycles. The quantitative estimate of drug-likeness (QED) is 0.828. The van der Waals surface area contributed by atoms with Crippen LogP contribution in [0.5, 0.6) is 0 Å². The summed E-state index contributed by atoms with van der Waals surface area (Å²) >= 11 is 0. The largest absolute Gasteiger partial charge is 0.459 e. The van der Waals surface area contributed by atoms with Gasteiger partial charge in [0.15, 0.2) is 5.76 Å². The first-order chi connectivity index (χ1) is 9.70. The van der Waals surface area contributed by atoms with Gasteiger partial charge in [0.25, 0.3) is 5.91 Å². The van der Waals surface area contributed by atoms with Crippen molar-refractivity contribution in [2.75, 3.05) is 26.2 Å². The summed E-state index contributed by atoms with van der Waals surface area (Å²) < 4.78 is 4.96. The Kier molecular flexibility index (Phi) is 5.17. The molecule has 1 aromatic rings. The number of furan rings is 1. The molecule has 0 aromatic carbocycles. The minimum absolute atomic E-state index is 0.0224. The van der Waals surface area contributed by atoms with E-state index in [1.54, 1.807) is 17.0 Å². The summed E-state index contributed by atoms with van der Waals surface area (Å²) in [5.74, 6) is 0.0906. The third-order valence-corrected chi connectivity index (χ3v) is 3.55. The Hall–Kier alpha value is -1.82. The van der Waals surface area contributed by atoms with Gasteiger partial charge >= 0.3 is 0 Å². The molecular weight excluding hydrogens is 260 g/mol. The fourth-order valence-electron chi connectivity index (χ4n) is 2.47. The van der Waals surface area contributed by atoms with Gasteiger partial charge in [0.2, 0.25) is 5.91 Å². The van der Waals surface area contributed by atoms with Crippen molar-refractivity contribution in [1.82, 2.24) is 10.2 Å². The highest BCUT2D eigenvalue weighted by atomic mass is 16.3. The van der Waals surface area contributed by atoms with Crippen LogP contribution >= 0.6 is 0 Å². The molecular formula is C14H20N2O4. The first kappa shape index (κ1) is 14.6. The Bertz CT molecular complexity index is 442. The van der Waals surface area contributed by atoms with Crippen molar-refractivity contribution in [2.24, 2.45) is 5.92 Å². The number of aliphatic hydroxyl groups excluding tert-OH is 1.